The first kappa shape index (κ1) is 12.4. The first-order valence-corrected chi connectivity index (χ1v) is 7.29. The summed E-state index contributed by atoms with van der Waals surface area (Å²) in [4.78, 5) is 0.0746. The van der Waals surface area contributed by atoms with Gasteiger partial charge in [0.1, 0.15) is 10.7 Å². The van der Waals surface area contributed by atoms with E-state index in [1.54, 1.807) is 7.05 Å². The van der Waals surface area contributed by atoms with Crippen LogP contribution in [0.25, 0.3) is 0 Å². The van der Waals surface area contributed by atoms with Crippen molar-refractivity contribution >= 4 is 15.8 Å². The lowest BCUT2D eigenvalue weighted by molar-refractivity contribution is 0.412. The molecular formula is C10H18N4O2S. The van der Waals surface area contributed by atoms with E-state index < -0.39 is 10.0 Å². The van der Waals surface area contributed by atoms with E-state index in [1.165, 1.54) is 17.3 Å². The van der Waals surface area contributed by atoms with E-state index >= 15 is 0 Å². The minimum Gasteiger partial charge on any atom is -0.383 e. The van der Waals surface area contributed by atoms with E-state index in [0.29, 0.717) is 0 Å². The Morgan fingerprint density at radius 2 is 2.06 bits per heavy atom. The average molecular weight is 258 g/mol. The molecule has 1 aliphatic carbocycles. The van der Waals surface area contributed by atoms with Crippen molar-refractivity contribution in [1.29, 1.82) is 0 Å². The van der Waals surface area contributed by atoms with E-state index in [9.17, 15) is 8.42 Å². The van der Waals surface area contributed by atoms with Crippen LogP contribution in [0.3, 0.4) is 0 Å². The van der Waals surface area contributed by atoms with E-state index in [-0.39, 0.29) is 16.8 Å². The van der Waals surface area contributed by atoms with Crippen LogP contribution in [0.15, 0.2) is 11.1 Å². The number of nitrogens with one attached hydrogen (secondary N) is 1. The van der Waals surface area contributed by atoms with E-state index in [1.807, 2.05) is 0 Å². The van der Waals surface area contributed by atoms with Crippen LogP contribution in [0.2, 0.25) is 0 Å². The number of anilines is 1. The number of nitrogen functional groups attached to an aromatic ring is 1. The standard InChI is InChI=1S/C10H18N4O2S/c1-14-10(11)9(7-12-14)17(15,16)13-8-5-3-2-4-6-8/h7-8,13H,2-6,11H2,1H3. The van der Waals surface area contributed by atoms with Gasteiger partial charge in [0.05, 0.1) is 6.20 Å². The molecule has 6 nitrogen and oxygen atoms in total. The Balaban J connectivity index is 2.16. The molecule has 0 bridgehead atoms. The van der Waals surface area contributed by atoms with Crippen LogP contribution in [0, 0.1) is 0 Å². The smallest absolute Gasteiger partial charge is 0.246 e. The maximum absolute atomic E-state index is 12.1. The lowest BCUT2D eigenvalue weighted by atomic mass is 9.96. The van der Waals surface area contributed by atoms with Gasteiger partial charge in [-0.25, -0.2) is 13.1 Å². The molecule has 0 saturated heterocycles. The minimum atomic E-state index is -3.53. The summed E-state index contributed by atoms with van der Waals surface area (Å²) in [7, 11) is -1.91. The van der Waals surface area contributed by atoms with Crippen molar-refractivity contribution in [3.8, 4) is 0 Å². The maximum Gasteiger partial charge on any atom is 0.246 e. The monoisotopic (exact) mass is 258 g/mol. The summed E-state index contributed by atoms with van der Waals surface area (Å²) in [5.41, 5.74) is 5.68. The molecule has 1 aliphatic rings. The zero-order chi connectivity index (χ0) is 12.5. The molecule has 1 heterocycles. The van der Waals surface area contributed by atoms with Gasteiger partial charge in [-0.2, -0.15) is 5.10 Å². The van der Waals surface area contributed by atoms with E-state index in [2.05, 4.69) is 9.82 Å². The number of rotatable bonds is 3. The van der Waals surface area contributed by atoms with Crippen molar-refractivity contribution in [1.82, 2.24) is 14.5 Å². The number of hydrogen-bond acceptors (Lipinski definition) is 4. The molecule has 96 valence electrons. The van der Waals surface area contributed by atoms with Crippen LogP contribution in [0.4, 0.5) is 5.82 Å². The summed E-state index contributed by atoms with van der Waals surface area (Å²) in [6, 6.07) is 0.0355. The molecule has 1 aromatic heterocycles. The number of sulfonamides is 1. The molecule has 0 amide bonds. The molecule has 3 N–H and O–H groups in total. The van der Waals surface area contributed by atoms with Gasteiger partial charge in [-0.15, -0.1) is 0 Å². The van der Waals surface area contributed by atoms with Crippen LogP contribution in [-0.2, 0) is 17.1 Å². The molecule has 0 atom stereocenters. The highest BCUT2D eigenvalue weighted by Crippen LogP contribution is 2.21. The third kappa shape index (κ3) is 2.61. The average Bonchev–Trinajstić information content (AvgIpc) is 2.61. The normalized spacial score (nSPS) is 18.4. The lowest BCUT2D eigenvalue weighted by Gasteiger charge is -2.22. The van der Waals surface area contributed by atoms with Gasteiger partial charge in [0.25, 0.3) is 0 Å². The molecule has 2 rings (SSSR count). The fraction of sp³-hybridized carbons (Fsp3) is 0.700. The summed E-state index contributed by atoms with van der Waals surface area (Å²) < 4.78 is 28.2. The topological polar surface area (TPSA) is 90.0 Å². The van der Waals surface area contributed by atoms with Crippen molar-refractivity contribution in [2.75, 3.05) is 5.73 Å². The van der Waals surface area contributed by atoms with Crippen molar-refractivity contribution in [2.24, 2.45) is 7.05 Å². The highest BCUT2D eigenvalue weighted by molar-refractivity contribution is 7.89. The van der Waals surface area contributed by atoms with Gasteiger partial charge in [-0.1, -0.05) is 19.3 Å². The second kappa shape index (κ2) is 4.66. The molecule has 0 aromatic carbocycles. The Hall–Kier alpha value is -1.08. The third-order valence-corrected chi connectivity index (χ3v) is 4.70. The van der Waals surface area contributed by atoms with Crippen LogP contribution in [0.1, 0.15) is 32.1 Å². The highest BCUT2D eigenvalue weighted by atomic mass is 32.2. The number of aryl methyl sites for hydroxylation is 1. The Morgan fingerprint density at radius 1 is 1.41 bits per heavy atom. The summed E-state index contributed by atoms with van der Waals surface area (Å²) in [6.45, 7) is 0. The van der Waals surface area contributed by atoms with Gasteiger partial charge in [-0.3, -0.25) is 4.68 Å². The van der Waals surface area contributed by atoms with Crippen molar-refractivity contribution < 1.29 is 8.42 Å². The quantitative estimate of drug-likeness (QED) is 0.831. The predicted molar refractivity (Wildman–Crippen MR) is 64.8 cm³/mol. The van der Waals surface area contributed by atoms with Crippen LogP contribution < -0.4 is 10.5 Å². The number of nitrogens with two attached hydrogens (primary N) is 1. The fourth-order valence-electron chi connectivity index (χ4n) is 2.14. The van der Waals surface area contributed by atoms with Crippen LogP contribution >= 0.6 is 0 Å². The summed E-state index contributed by atoms with van der Waals surface area (Å²) in [5.74, 6) is 0.174. The van der Waals surface area contributed by atoms with Gasteiger partial charge < -0.3 is 5.73 Å². The SMILES string of the molecule is Cn1ncc(S(=O)(=O)NC2CCCCC2)c1N. The number of aromatic nitrogens is 2. The molecule has 1 saturated carbocycles. The van der Waals surface area contributed by atoms with Crippen LogP contribution in [0.5, 0.6) is 0 Å². The Kier molecular flexibility index (Phi) is 3.39. The van der Waals surface area contributed by atoms with E-state index in [0.717, 1.165) is 25.7 Å². The summed E-state index contributed by atoms with van der Waals surface area (Å²) in [5, 5.41) is 3.85. The molecule has 17 heavy (non-hydrogen) atoms. The third-order valence-electron chi connectivity index (χ3n) is 3.17. The molecule has 0 radical (unpaired) electrons. The lowest BCUT2D eigenvalue weighted by Crippen LogP contribution is -2.36. The molecular weight excluding hydrogens is 240 g/mol. The minimum absolute atomic E-state index is 0.0355. The molecule has 0 aliphatic heterocycles. The second-order valence-corrected chi connectivity index (χ2v) is 6.16. The largest absolute Gasteiger partial charge is 0.383 e. The Labute approximate surface area is 101 Å². The molecule has 1 aromatic rings. The van der Waals surface area contributed by atoms with Gasteiger partial charge in [0.15, 0.2) is 0 Å². The molecule has 7 heteroatoms. The van der Waals surface area contributed by atoms with Gasteiger partial charge in [0, 0.05) is 13.1 Å². The maximum atomic E-state index is 12.1. The second-order valence-electron chi connectivity index (χ2n) is 4.47. The number of nitrogens with zero attached hydrogens (tertiary/aromatic N) is 2. The number of hydrogen-bond donors (Lipinski definition) is 2. The highest BCUT2D eigenvalue weighted by Gasteiger charge is 2.25. The van der Waals surface area contributed by atoms with Crippen molar-refractivity contribution in [2.45, 2.75) is 43.0 Å². The van der Waals surface area contributed by atoms with E-state index in [4.69, 9.17) is 5.73 Å². The van der Waals surface area contributed by atoms with Crippen molar-refractivity contribution in [3.05, 3.63) is 6.20 Å². The van der Waals surface area contributed by atoms with Gasteiger partial charge in [-0.05, 0) is 12.8 Å². The summed E-state index contributed by atoms with van der Waals surface area (Å²) >= 11 is 0. The Morgan fingerprint density at radius 3 is 2.59 bits per heavy atom. The summed E-state index contributed by atoms with van der Waals surface area (Å²) in [6.07, 6.45) is 6.44. The van der Waals surface area contributed by atoms with Crippen molar-refractivity contribution in [3.63, 3.8) is 0 Å². The van der Waals surface area contributed by atoms with Gasteiger partial charge >= 0.3 is 0 Å². The Bertz CT molecular complexity index is 488. The fourth-order valence-corrected chi connectivity index (χ4v) is 3.53. The van der Waals surface area contributed by atoms with Gasteiger partial charge in [0.2, 0.25) is 10.0 Å². The molecule has 1 fully saturated rings. The van der Waals surface area contributed by atoms with Crippen LogP contribution in [-0.4, -0.2) is 24.2 Å². The first-order chi connectivity index (χ1) is 8.00. The zero-order valence-electron chi connectivity index (χ0n) is 9.89. The predicted octanol–water partition coefficient (Wildman–Crippen LogP) is 0.613. The zero-order valence-corrected chi connectivity index (χ0v) is 10.7. The molecule has 0 unspecified atom stereocenters. The molecule has 0 spiro atoms. The first-order valence-electron chi connectivity index (χ1n) is 5.80.